The molecule has 2 fully saturated rings. The molecule has 2 aliphatic rings. The Labute approximate surface area is 141 Å². The molecule has 0 radical (unpaired) electrons. The first-order valence-electron chi connectivity index (χ1n) is 7.89. The summed E-state index contributed by atoms with van der Waals surface area (Å²) in [6.45, 7) is 2.14. The number of piperidine rings is 1. The van der Waals surface area contributed by atoms with Crippen LogP contribution in [-0.2, 0) is 4.79 Å². The van der Waals surface area contributed by atoms with E-state index in [1.165, 1.54) is 23.7 Å². The zero-order chi connectivity index (χ0) is 16.7. The Bertz CT molecular complexity index is 776. The number of carbonyl (C=O) groups is 1. The van der Waals surface area contributed by atoms with Crippen molar-refractivity contribution in [1.82, 2.24) is 14.7 Å². The third-order valence-electron chi connectivity index (χ3n) is 4.75. The summed E-state index contributed by atoms with van der Waals surface area (Å²) in [6.07, 6.45) is 2.64. The minimum absolute atomic E-state index is 0.115. The average Bonchev–Trinajstić information content (AvgIpc) is 3.15. The zero-order valence-corrected chi connectivity index (χ0v) is 13.7. The Kier molecular flexibility index (Phi) is 3.71. The molecule has 1 spiro atoms. The highest BCUT2D eigenvalue weighted by Crippen LogP contribution is 2.39. The number of rotatable bonds is 2. The van der Waals surface area contributed by atoms with Crippen molar-refractivity contribution in [3.63, 3.8) is 0 Å². The molecular formula is C16H16F2N4OS. The summed E-state index contributed by atoms with van der Waals surface area (Å²) in [6, 6.07) is 3.26. The molecule has 1 amide bonds. The third kappa shape index (κ3) is 2.64. The van der Waals surface area contributed by atoms with Crippen molar-refractivity contribution in [2.24, 2.45) is 5.41 Å². The minimum Gasteiger partial charge on any atom is -0.356 e. The summed E-state index contributed by atoms with van der Waals surface area (Å²) in [5.74, 6) is -0.880. The summed E-state index contributed by atoms with van der Waals surface area (Å²) in [4.78, 5) is 18.7. The van der Waals surface area contributed by atoms with Crippen LogP contribution in [0.4, 0.5) is 13.9 Å². The van der Waals surface area contributed by atoms with Crippen molar-refractivity contribution in [2.75, 3.05) is 24.5 Å². The predicted octanol–water partition coefficient (Wildman–Crippen LogP) is 2.59. The lowest BCUT2D eigenvalue weighted by Crippen LogP contribution is -2.47. The van der Waals surface area contributed by atoms with Gasteiger partial charge in [0.25, 0.3) is 0 Å². The smallest absolute Gasteiger partial charge is 0.228 e. The van der Waals surface area contributed by atoms with Gasteiger partial charge >= 0.3 is 0 Å². The third-order valence-corrected chi connectivity index (χ3v) is 5.53. The first kappa shape index (κ1) is 15.4. The van der Waals surface area contributed by atoms with Crippen LogP contribution in [-0.4, -0.2) is 34.9 Å². The molecule has 2 aliphatic heterocycles. The molecule has 126 valence electrons. The van der Waals surface area contributed by atoms with E-state index < -0.39 is 11.6 Å². The number of carbonyl (C=O) groups excluding carboxylic acids is 1. The van der Waals surface area contributed by atoms with Crippen molar-refractivity contribution >= 4 is 22.6 Å². The number of nitrogens with zero attached hydrogens (tertiary/aromatic N) is 3. The number of aromatic nitrogens is 2. The molecule has 0 aliphatic carbocycles. The largest absolute Gasteiger partial charge is 0.356 e. The minimum atomic E-state index is -0.652. The number of benzene rings is 1. The number of hydrogen-bond acceptors (Lipinski definition) is 5. The number of halogens is 2. The number of nitrogens with one attached hydrogen (secondary N) is 1. The van der Waals surface area contributed by atoms with E-state index in [0.29, 0.717) is 23.1 Å². The molecule has 1 unspecified atom stereocenters. The van der Waals surface area contributed by atoms with E-state index >= 15 is 0 Å². The van der Waals surface area contributed by atoms with E-state index in [2.05, 4.69) is 19.6 Å². The standard InChI is InChI=1S/C16H16F2N4OS/c17-11-6-10(7-12(18)8-11)13-20-15(24-21-13)22-5-1-2-16(9-22)3-4-19-14(16)23/h6-8H,1-5,9H2,(H,19,23). The van der Waals surface area contributed by atoms with Crippen molar-refractivity contribution in [3.05, 3.63) is 29.8 Å². The molecule has 1 N–H and O–H groups in total. The van der Waals surface area contributed by atoms with Gasteiger partial charge in [-0.25, -0.2) is 8.78 Å². The molecule has 4 rings (SSSR count). The Morgan fingerprint density at radius 1 is 1.21 bits per heavy atom. The SMILES string of the molecule is O=C1NCCC12CCCN(c1nc(-c3cc(F)cc(F)c3)ns1)C2. The normalized spacial score (nSPS) is 23.8. The van der Waals surface area contributed by atoms with Crippen molar-refractivity contribution in [2.45, 2.75) is 19.3 Å². The fourth-order valence-electron chi connectivity index (χ4n) is 3.54. The molecular weight excluding hydrogens is 334 g/mol. The van der Waals surface area contributed by atoms with Crippen LogP contribution in [0.5, 0.6) is 0 Å². The molecule has 24 heavy (non-hydrogen) atoms. The summed E-state index contributed by atoms with van der Waals surface area (Å²) >= 11 is 1.19. The second-order valence-electron chi connectivity index (χ2n) is 6.37. The van der Waals surface area contributed by atoms with Crippen LogP contribution in [0.3, 0.4) is 0 Å². The molecule has 2 saturated heterocycles. The molecule has 5 nitrogen and oxygen atoms in total. The van der Waals surface area contributed by atoms with Crippen LogP contribution >= 0.6 is 11.5 Å². The van der Waals surface area contributed by atoms with E-state index in [-0.39, 0.29) is 11.3 Å². The predicted molar refractivity (Wildman–Crippen MR) is 86.8 cm³/mol. The quantitative estimate of drug-likeness (QED) is 0.904. The number of amides is 1. The van der Waals surface area contributed by atoms with E-state index in [0.717, 1.165) is 38.4 Å². The molecule has 1 aromatic heterocycles. The highest BCUT2D eigenvalue weighted by Gasteiger charge is 2.45. The molecule has 1 atom stereocenters. The van der Waals surface area contributed by atoms with E-state index in [1.54, 1.807) is 0 Å². The summed E-state index contributed by atoms with van der Waals surface area (Å²) in [5.41, 5.74) is -0.0185. The lowest BCUT2D eigenvalue weighted by atomic mass is 9.79. The van der Waals surface area contributed by atoms with Gasteiger partial charge in [-0.05, 0) is 31.4 Å². The van der Waals surface area contributed by atoms with Crippen LogP contribution < -0.4 is 10.2 Å². The first-order chi connectivity index (χ1) is 11.6. The van der Waals surface area contributed by atoms with Crippen LogP contribution in [0.2, 0.25) is 0 Å². The lowest BCUT2D eigenvalue weighted by Gasteiger charge is -2.38. The van der Waals surface area contributed by atoms with Crippen molar-refractivity contribution in [1.29, 1.82) is 0 Å². The van der Waals surface area contributed by atoms with Gasteiger partial charge in [-0.15, -0.1) is 0 Å². The second-order valence-corrected chi connectivity index (χ2v) is 7.10. The van der Waals surface area contributed by atoms with Crippen LogP contribution in [0.1, 0.15) is 19.3 Å². The summed E-state index contributed by atoms with van der Waals surface area (Å²) in [5, 5.41) is 3.60. The maximum atomic E-state index is 13.4. The number of anilines is 1. The van der Waals surface area contributed by atoms with Gasteiger partial charge in [-0.1, -0.05) is 0 Å². The van der Waals surface area contributed by atoms with Gasteiger partial charge in [0.05, 0.1) is 5.41 Å². The van der Waals surface area contributed by atoms with Crippen molar-refractivity contribution in [3.8, 4) is 11.4 Å². The highest BCUT2D eigenvalue weighted by atomic mass is 32.1. The van der Waals surface area contributed by atoms with Crippen LogP contribution in [0.15, 0.2) is 18.2 Å². The second kappa shape index (κ2) is 5.77. The molecule has 2 aromatic rings. The van der Waals surface area contributed by atoms with Gasteiger partial charge in [0.15, 0.2) is 5.82 Å². The van der Waals surface area contributed by atoms with Gasteiger partial charge in [0.1, 0.15) is 11.6 Å². The summed E-state index contributed by atoms with van der Waals surface area (Å²) < 4.78 is 31.0. The topological polar surface area (TPSA) is 58.1 Å². The zero-order valence-electron chi connectivity index (χ0n) is 12.9. The maximum Gasteiger partial charge on any atom is 0.228 e. The average molecular weight is 350 g/mol. The maximum absolute atomic E-state index is 13.4. The van der Waals surface area contributed by atoms with E-state index in [4.69, 9.17) is 0 Å². The fraction of sp³-hybridized carbons (Fsp3) is 0.438. The van der Waals surface area contributed by atoms with Crippen molar-refractivity contribution < 1.29 is 13.6 Å². The molecule has 3 heterocycles. The monoisotopic (exact) mass is 350 g/mol. The van der Waals surface area contributed by atoms with E-state index in [9.17, 15) is 13.6 Å². The first-order valence-corrected chi connectivity index (χ1v) is 8.67. The Morgan fingerprint density at radius 3 is 2.71 bits per heavy atom. The van der Waals surface area contributed by atoms with Gasteiger partial charge in [0.2, 0.25) is 11.0 Å². The van der Waals surface area contributed by atoms with Crippen LogP contribution in [0, 0.1) is 17.0 Å². The Balaban J connectivity index is 1.59. The Morgan fingerprint density at radius 2 is 2.00 bits per heavy atom. The van der Waals surface area contributed by atoms with Gasteiger partial charge in [-0.2, -0.15) is 9.36 Å². The van der Waals surface area contributed by atoms with Gasteiger partial charge < -0.3 is 10.2 Å². The van der Waals surface area contributed by atoms with Gasteiger partial charge in [0, 0.05) is 42.8 Å². The molecule has 1 aromatic carbocycles. The lowest BCUT2D eigenvalue weighted by molar-refractivity contribution is -0.128. The number of hydrogen-bond donors (Lipinski definition) is 1. The molecule has 0 saturated carbocycles. The molecule has 8 heteroatoms. The van der Waals surface area contributed by atoms with Crippen LogP contribution in [0.25, 0.3) is 11.4 Å². The molecule has 0 bridgehead atoms. The van der Waals surface area contributed by atoms with E-state index in [1.807, 2.05) is 0 Å². The van der Waals surface area contributed by atoms with Gasteiger partial charge in [-0.3, -0.25) is 4.79 Å². The summed E-state index contributed by atoms with van der Waals surface area (Å²) in [7, 11) is 0. The fourth-order valence-corrected chi connectivity index (χ4v) is 4.26. The highest BCUT2D eigenvalue weighted by molar-refractivity contribution is 7.09. The Hall–Kier alpha value is -2.09.